The van der Waals surface area contributed by atoms with Crippen molar-refractivity contribution >= 4 is 27.5 Å². The minimum Gasteiger partial charge on any atom is -0.465 e. The second kappa shape index (κ2) is 8.12. The van der Waals surface area contributed by atoms with Gasteiger partial charge in [-0.05, 0) is 61.8 Å². The lowest BCUT2D eigenvalue weighted by molar-refractivity contribution is 0.0600. The van der Waals surface area contributed by atoms with E-state index in [2.05, 4.69) is 72.8 Å². The fourth-order valence-electron chi connectivity index (χ4n) is 5.47. The molecule has 0 radical (unpaired) electrons. The van der Waals surface area contributed by atoms with E-state index >= 15 is 0 Å². The number of esters is 1. The van der Waals surface area contributed by atoms with Gasteiger partial charge in [0.05, 0.1) is 25.9 Å². The predicted molar refractivity (Wildman–Crippen MR) is 137 cm³/mol. The van der Waals surface area contributed by atoms with E-state index in [1.165, 1.54) is 12.5 Å². The number of hydrogen-bond acceptors (Lipinski definition) is 3. The van der Waals surface area contributed by atoms with E-state index in [1.54, 1.807) is 0 Å². The highest BCUT2D eigenvalue weighted by atomic mass is 16.5. The third-order valence-corrected chi connectivity index (χ3v) is 6.97. The first-order valence-electron chi connectivity index (χ1n) is 11.5. The lowest BCUT2D eigenvalue weighted by Gasteiger charge is -2.22. The fraction of sp³-hybridized carbons (Fsp3) is 0.129. The van der Waals surface area contributed by atoms with Gasteiger partial charge >= 0.3 is 5.97 Å². The molecule has 0 saturated carbocycles. The number of fused-ring (bicyclic) bond motifs is 3. The van der Waals surface area contributed by atoms with Crippen LogP contribution in [0.3, 0.4) is 0 Å². The van der Waals surface area contributed by atoms with Crippen LogP contribution in [0.5, 0.6) is 0 Å². The van der Waals surface area contributed by atoms with Gasteiger partial charge in [-0.1, -0.05) is 84.9 Å². The molecule has 0 aliphatic carbocycles. The van der Waals surface area contributed by atoms with E-state index in [-0.39, 0.29) is 5.97 Å². The van der Waals surface area contributed by atoms with Crippen molar-refractivity contribution < 1.29 is 14.3 Å². The van der Waals surface area contributed by atoms with E-state index < -0.39 is 0 Å². The van der Waals surface area contributed by atoms with Crippen molar-refractivity contribution in [3.63, 3.8) is 0 Å². The van der Waals surface area contributed by atoms with Crippen molar-refractivity contribution in [1.82, 2.24) is 0 Å². The lowest BCUT2D eigenvalue weighted by Crippen LogP contribution is -2.11. The number of rotatable bonds is 3. The lowest BCUT2D eigenvalue weighted by atomic mass is 9.81. The molecule has 3 nitrogen and oxygen atoms in total. The second-order valence-corrected chi connectivity index (χ2v) is 8.74. The number of carbonyl (C=O) groups excluding carboxylic acids is 1. The molecule has 0 spiro atoms. The van der Waals surface area contributed by atoms with E-state index in [4.69, 9.17) is 9.47 Å². The van der Waals surface area contributed by atoms with Crippen LogP contribution in [0.15, 0.2) is 84.9 Å². The van der Waals surface area contributed by atoms with Crippen molar-refractivity contribution in [2.24, 2.45) is 0 Å². The summed E-state index contributed by atoms with van der Waals surface area (Å²) in [5.74, 6) is -0.323. The SMILES string of the molecule is COC(=O)c1c(C)c(-c2cccc3ccccc23)c2c(c1-c1cccc3ccccc13)COC2. The summed E-state index contributed by atoms with van der Waals surface area (Å²) in [5, 5.41) is 4.58. The Kier molecular flexibility index (Phi) is 4.93. The Morgan fingerprint density at radius 3 is 1.79 bits per heavy atom. The first-order chi connectivity index (χ1) is 16.7. The van der Waals surface area contributed by atoms with Crippen LogP contribution < -0.4 is 0 Å². The molecule has 3 heteroatoms. The highest BCUT2D eigenvalue weighted by Gasteiger charge is 2.31. The van der Waals surface area contributed by atoms with E-state index in [1.807, 2.05) is 19.1 Å². The predicted octanol–water partition coefficient (Wildman–Crippen LogP) is 7.45. The minimum atomic E-state index is -0.323. The third kappa shape index (κ3) is 3.05. The molecule has 0 saturated heterocycles. The van der Waals surface area contributed by atoms with E-state index in [9.17, 15) is 4.79 Å². The van der Waals surface area contributed by atoms with Crippen molar-refractivity contribution in [2.45, 2.75) is 20.1 Å². The van der Waals surface area contributed by atoms with Crippen LogP contribution in [0.2, 0.25) is 0 Å². The van der Waals surface area contributed by atoms with Crippen LogP contribution in [-0.2, 0) is 22.7 Å². The number of ether oxygens (including phenoxy) is 2. The van der Waals surface area contributed by atoms with Crippen molar-refractivity contribution in [2.75, 3.05) is 7.11 Å². The summed E-state index contributed by atoms with van der Waals surface area (Å²) < 4.78 is 11.4. The van der Waals surface area contributed by atoms with Crippen molar-refractivity contribution in [1.29, 1.82) is 0 Å². The van der Waals surface area contributed by atoms with Gasteiger partial charge in [0.1, 0.15) is 0 Å². The van der Waals surface area contributed by atoms with Gasteiger partial charge in [-0.15, -0.1) is 0 Å². The standard InChI is InChI=1S/C31H24O3/c1-19-28(24-15-7-11-20-9-3-5-13-22(20)24)26-17-34-18-27(26)30(29(19)31(32)33-2)25-16-8-12-21-10-4-6-14-23(21)25/h3-16H,17-18H2,1-2H3. The van der Waals surface area contributed by atoms with Crippen molar-refractivity contribution in [3.05, 3.63) is 107 Å². The molecule has 5 aromatic rings. The largest absolute Gasteiger partial charge is 0.465 e. The van der Waals surface area contributed by atoms with Gasteiger partial charge in [0, 0.05) is 5.56 Å². The molecule has 166 valence electrons. The van der Waals surface area contributed by atoms with Crippen LogP contribution in [0.1, 0.15) is 27.0 Å². The van der Waals surface area contributed by atoms with Gasteiger partial charge in [-0.25, -0.2) is 4.79 Å². The number of carbonyl (C=O) groups is 1. The molecule has 1 aliphatic heterocycles. The Morgan fingerprint density at radius 1 is 0.706 bits per heavy atom. The summed E-state index contributed by atoms with van der Waals surface area (Å²) in [5.41, 5.74) is 7.93. The quantitative estimate of drug-likeness (QED) is 0.271. The van der Waals surface area contributed by atoms with Gasteiger partial charge in [0.2, 0.25) is 0 Å². The zero-order valence-electron chi connectivity index (χ0n) is 19.2. The Bertz CT molecular complexity index is 1590. The van der Waals surface area contributed by atoms with Crippen LogP contribution in [0.4, 0.5) is 0 Å². The minimum absolute atomic E-state index is 0.323. The first-order valence-corrected chi connectivity index (χ1v) is 11.5. The molecule has 0 unspecified atom stereocenters. The Balaban J connectivity index is 1.76. The highest BCUT2D eigenvalue weighted by molar-refractivity contribution is 6.09. The maximum atomic E-state index is 13.3. The molecule has 0 bridgehead atoms. The Morgan fingerprint density at radius 2 is 1.21 bits per heavy atom. The normalized spacial score (nSPS) is 12.8. The summed E-state index contributed by atoms with van der Waals surface area (Å²) in [6.45, 7) is 3.03. The van der Waals surface area contributed by atoms with E-state index in [0.717, 1.165) is 55.1 Å². The van der Waals surface area contributed by atoms with Gasteiger partial charge in [-0.2, -0.15) is 0 Å². The molecule has 0 aromatic heterocycles. The Hall–Kier alpha value is -3.95. The summed E-state index contributed by atoms with van der Waals surface area (Å²) in [6.07, 6.45) is 0. The van der Waals surface area contributed by atoms with Crippen molar-refractivity contribution in [3.8, 4) is 22.3 Å². The summed E-state index contributed by atoms with van der Waals surface area (Å²) in [6, 6.07) is 29.3. The van der Waals surface area contributed by atoms with Crippen LogP contribution in [0, 0.1) is 6.92 Å². The van der Waals surface area contributed by atoms with Gasteiger partial charge < -0.3 is 9.47 Å². The molecule has 5 aromatic carbocycles. The molecule has 1 aliphatic rings. The Labute approximate surface area is 198 Å². The second-order valence-electron chi connectivity index (χ2n) is 8.74. The zero-order valence-corrected chi connectivity index (χ0v) is 19.2. The molecule has 0 amide bonds. The average Bonchev–Trinajstić information content (AvgIpc) is 3.36. The van der Waals surface area contributed by atoms with Crippen LogP contribution in [-0.4, -0.2) is 13.1 Å². The third-order valence-electron chi connectivity index (χ3n) is 6.97. The maximum Gasteiger partial charge on any atom is 0.338 e. The van der Waals surface area contributed by atoms with E-state index in [0.29, 0.717) is 18.8 Å². The number of methoxy groups -OCH3 is 1. The maximum absolute atomic E-state index is 13.3. The molecular formula is C31H24O3. The first kappa shape index (κ1) is 20.6. The van der Waals surface area contributed by atoms with Gasteiger partial charge in [-0.3, -0.25) is 0 Å². The van der Waals surface area contributed by atoms with Gasteiger partial charge in [0.15, 0.2) is 0 Å². The summed E-state index contributed by atoms with van der Waals surface area (Å²) >= 11 is 0. The topological polar surface area (TPSA) is 35.5 Å². The molecule has 0 fully saturated rings. The zero-order chi connectivity index (χ0) is 23.2. The number of hydrogen-bond donors (Lipinski definition) is 0. The molecular weight excluding hydrogens is 420 g/mol. The molecule has 0 N–H and O–H groups in total. The van der Waals surface area contributed by atoms with Crippen LogP contribution in [0.25, 0.3) is 43.8 Å². The average molecular weight is 445 g/mol. The highest BCUT2D eigenvalue weighted by Crippen LogP contribution is 2.46. The molecule has 0 atom stereocenters. The molecule has 34 heavy (non-hydrogen) atoms. The fourth-order valence-corrected chi connectivity index (χ4v) is 5.47. The summed E-state index contributed by atoms with van der Waals surface area (Å²) in [4.78, 5) is 13.3. The summed E-state index contributed by atoms with van der Waals surface area (Å²) in [7, 11) is 1.45. The molecule has 6 rings (SSSR count). The molecule has 1 heterocycles. The van der Waals surface area contributed by atoms with Gasteiger partial charge in [0.25, 0.3) is 0 Å². The monoisotopic (exact) mass is 444 g/mol. The van der Waals surface area contributed by atoms with Crippen LogP contribution >= 0.6 is 0 Å². The smallest absolute Gasteiger partial charge is 0.338 e. The number of benzene rings is 5.